The lowest BCUT2D eigenvalue weighted by molar-refractivity contribution is 0.350. The van der Waals surface area contributed by atoms with Crippen molar-refractivity contribution in [2.45, 2.75) is 11.9 Å². The molecule has 1 heterocycles. The maximum absolute atomic E-state index is 12.3. The van der Waals surface area contributed by atoms with Crippen molar-refractivity contribution in [2.75, 3.05) is 11.3 Å². The van der Waals surface area contributed by atoms with Crippen molar-refractivity contribution < 1.29 is 13.5 Å². The topological polar surface area (TPSA) is 84.2 Å². The number of aromatic nitrogens is 2. The van der Waals surface area contributed by atoms with E-state index in [1.807, 2.05) is 0 Å². The van der Waals surface area contributed by atoms with E-state index < -0.39 is 10.0 Å². The number of aryl methyl sites for hydroxylation is 2. The highest BCUT2D eigenvalue weighted by molar-refractivity contribution is 7.92. The van der Waals surface area contributed by atoms with Gasteiger partial charge in [-0.2, -0.15) is 8.42 Å². The maximum atomic E-state index is 12.3. The standard InChI is InChI=1S/C14H15N3O3S/c1-11-15-14(10-17(11)2)21(19,20)16-13-8-4-3-6-12(13)7-5-9-18/h3-4,6,8,10,16,18H,9H2,1-2H3. The molecule has 0 amide bonds. The molecule has 1 aromatic carbocycles. The molecule has 0 saturated carbocycles. The highest BCUT2D eigenvalue weighted by atomic mass is 32.2. The van der Waals surface area contributed by atoms with E-state index >= 15 is 0 Å². The third-order valence-electron chi connectivity index (χ3n) is 2.84. The van der Waals surface area contributed by atoms with Crippen molar-refractivity contribution in [3.05, 3.63) is 41.9 Å². The Morgan fingerprint density at radius 1 is 1.38 bits per heavy atom. The fourth-order valence-corrected chi connectivity index (χ4v) is 2.79. The van der Waals surface area contributed by atoms with Gasteiger partial charge in [0, 0.05) is 18.8 Å². The summed E-state index contributed by atoms with van der Waals surface area (Å²) in [6.45, 7) is 1.43. The second-order valence-electron chi connectivity index (χ2n) is 4.35. The Morgan fingerprint density at radius 2 is 2.10 bits per heavy atom. The summed E-state index contributed by atoms with van der Waals surface area (Å²) in [6, 6.07) is 6.72. The number of aliphatic hydroxyl groups is 1. The van der Waals surface area contributed by atoms with Gasteiger partial charge in [0.05, 0.1) is 5.69 Å². The number of imidazole rings is 1. The van der Waals surface area contributed by atoms with E-state index in [2.05, 4.69) is 21.5 Å². The number of benzene rings is 1. The van der Waals surface area contributed by atoms with Crippen LogP contribution >= 0.6 is 0 Å². The second-order valence-corrected chi connectivity index (χ2v) is 5.98. The molecular weight excluding hydrogens is 290 g/mol. The van der Waals surface area contributed by atoms with Crippen LogP contribution in [0.25, 0.3) is 0 Å². The number of nitrogens with zero attached hydrogens (tertiary/aromatic N) is 2. The van der Waals surface area contributed by atoms with E-state index in [0.29, 0.717) is 17.1 Å². The Bertz CT molecular complexity index is 794. The van der Waals surface area contributed by atoms with Crippen LogP contribution in [0.4, 0.5) is 5.69 Å². The van der Waals surface area contributed by atoms with Crippen molar-refractivity contribution in [3.8, 4) is 11.8 Å². The number of hydrogen-bond donors (Lipinski definition) is 2. The molecule has 0 aliphatic heterocycles. The van der Waals surface area contributed by atoms with Crippen molar-refractivity contribution in [1.29, 1.82) is 0 Å². The first-order valence-corrected chi connectivity index (χ1v) is 7.64. The Hall–Kier alpha value is -2.30. The fourth-order valence-electron chi connectivity index (χ4n) is 1.67. The lowest BCUT2D eigenvalue weighted by Gasteiger charge is -2.07. The van der Waals surface area contributed by atoms with Crippen LogP contribution in [-0.2, 0) is 17.1 Å². The molecule has 0 fully saturated rings. The fraction of sp³-hybridized carbons (Fsp3) is 0.214. The van der Waals surface area contributed by atoms with Crippen LogP contribution in [0.3, 0.4) is 0 Å². The van der Waals surface area contributed by atoms with Crippen LogP contribution in [-0.4, -0.2) is 29.7 Å². The molecule has 0 atom stereocenters. The predicted octanol–water partition coefficient (Wildman–Crippen LogP) is 0.873. The van der Waals surface area contributed by atoms with Gasteiger partial charge in [-0.3, -0.25) is 4.72 Å². The normalized spacial score (nSPS) is 10.8. The van der Waals surface area contributed by atoms with Crippen LogP contribution in [0.15, 0.2) is 35.5 Å². The minimum atomic E-state index is -3.77. The number of aliphatic hydroxyl groups excluding tert-OH is 1. The molecule has 0 spiro atoms. The first-order chi connectivity index (χ1) is 9.94. The summed E-state index contributed by atoms with van der Waals surface area (Å²) < 4.78 is 28.7. The van der Waals surface area contributed by atoms with Gasteiger partial charge in [-0.25, -0.2) is 4.98 Å². The van der Waals surface area contributed by atoms with Gasteiger partial charge < -0.3 is 9.67 Å². The van der Waals surface area contributed by atoms with Crippen molar-refractivity contribution in [3.63, 3.8) is 0 Å². The van der Waals surface area contributed by atoms with Gasteiger partial charge in [-0.15, -0.1) is 0 Å². The molecule has 0 radical (unpaired) electrons. The number of para-hydroxylation sites is 1. The zero-order valence-corrected chi connectivity index (χ0v) is 12.5. The number of hydrogen-bond acceptors (Lipinski definition) is 4. The smallest absolute Gasteiger partial charge is 0.280 e. The van der Waals surface area contributed by atoms with Crippen LogP contribution in [0.5, 0.6) is 0 Å². The number of rotatable bonds is 3. The van der Waals surface area contributed by atoms with Gasteiger partial charge in [0.25, 0.3) is 10.0 Å². The van der Waals surface area contributed by atoms with Gasteiger partial charge >= 0.3 is 0 Å². The Labute approximate surface area is 123 Å². The lowest BCUT2D eigenvalue weighted by Crippen LogP contribution is -2.14. The number of nitrogens with one attached hydrogen (secondary N) is 1. The van der Waals surface area contributed by atoms with Crippen LogP contribution in [0, 0.1) is 18.8 Å². The highest BCUT2D eigenvalue weighted by Crippen LogP contribution is 2.19. The zero-order chi connectivity index (χ0) is 15.5. The first-order valence-electron chi connectivity index (χ1n) is 6.15. The Kier molecular flexibility index (Phi) is 4.31. The molecule has 110 valence electrons. The van der Waals surface area contributed by atoms with Crippen molar-refractivity contribution >= 4 is 15.7 Å². The first kappa shape index (κ1) is 15.1. The van der Waals surface area contributed by atoms with E-state index in [-0.39, 0.29) is 11.6 Å². The third-order valence-corrected chi connectivity index (χ3v) is 4.07. The maximum Gasteiger partial charge on any atom is 0.280 e. The molecule has 0 aliphatic carbocycles. The minimum absolute atomic E-state index is 0.0487. The molecule has 0 bridgehead atoms. The third kappa shape index (κ3) is 3.42. The molecular formula is C14H15N3O3S. The molecule has 6 nitrogen and oxygen atoms in total. The summed E-state index contributed by atoms with van der Waals surface area (Å²) in [6.07, 6.45) is 1.44. The van der Waals surface area contributed by atoms with E-state index in [1.165, 1.54) is 6.20 Å². The van der Waals surface area contributed by atoms with E-state index in [0.717, 1.165) is 0 Å². The summed E-state index contributed by atoms with van der Waals surface area (Å²) in [5, 5.41) is 8.69. The monoisotopic (exact) mass is 305 g/mol. The lowest BCUT2D eigenvalue weighted by atomic mass is 10.2. The van der Waals surface area contributed by atoms with E-state index in [4.69, 9.17) is 5.11 Å². The molecule has 21 heavy (non-hydrogen) atoms. The average Bonchev–Trinajstić information content (AvgIpc) is 2.78. The van der Waals surface area contributed by atoms with Gasteiger partial charge in [0.2, 0.25) is 0 Å². The average molecular weight is 305 g/mol. The van der Waals surface area contributed by atoms with Crippen LogP contribution in [0.1, 0.15) is 11.4 Å². The Balaban J connectivity index is 2.37. The van der Waals surface area contributed by atoms with Gasteiger partial charge in [0.15, 0.2) is 5.03 Å². The number of sulfonamides is 1. The van der Waals surface area contributed by atoms with Gasteiger partial charge in [0.1, 0.15) is 12.4 Å². The quantitative estimate of drug-likeness (QED) is 0.824. The predicted molar refractivity (Wildman–Crippen MR) is 79.2 cm³/mol. The van der Waals surface area contributed by atoms with Gasteiger partial charge in [-0.1, -0.05) is 24.0 Å². The molecule has 2 N–H and O–H groups in total. The highest BCUT2D eigenvalue weighted by Gasteiger charge is 2.19. The molecule has 1 aromatic heterocycles. The molecule has 2 aromatic rings. The van der Waals surface area contributed by atoms with Crippen LogP contribution < -0.4 is 4.72 Å². The SMILES string of the molecule is Cc1nc(S(=O)(=O)Nc2ccccc2C#CCO)cn1C. The minimum Gasteiger partial charge on any atom is -0.384 e. The van der Waals surface area contributed by atoms with Gasteiger partial charge in [-0.05, 0) is 19.1 Å². The number of anilines is 1. The molecule has 0 saturated heterocycles. The van der Waals surface area contributed by atoms with E-state index in [1.54, 1.807) is 42.8 Å². The molecule has 0 aliphatic rings. The Morgan fingerprint density at radius 3 is 2.71 bits per heavy atom. The molecule has 0 unspecified atom stereocenters. The largest absolute Gasteiger partial charge is 0.384 e. The summed E-state index contributed by atoms with van der Waals surface area (Å²) in [4.78, 5) is 4.01. The summed E-state index contributed by atoms with van der Waals surface area (Å²) in [5.74, 6) is 5.80. The summed E-state index contributed by atoms with van der Waals surface area (Å²) >= 11 is 0. The van der Waals surface area contributed by atoms with Crippen molar-refractivity contribution in [2.24, 2.45) is 7.05 Å². The van der Waals surface area contributed by atoms with Crippen molar-refractivity contribution in [1.82, 2.24) is 9.55 Å². The zero-order valence-electron chi connectivity index (χ0n) is 11.7. The van der Waals surface area contributed by atoms with Crippen LogP contribution in [0.2, 0.25) is 0 Å². The van der Waals surface area contributed by atoms with E-state index in [9.17, 15) is 8.42 Å². The molecule has 7 heteroatoms. The molecule has 2 rings (SSSR count). The summed E-state index contributed by atoms with van der Waals surface area (Å²) in [5.41, 5.74) is 0.838. The second kappa shape index (κ2) is 5.99. The summed E-state index contributed by atoms with van der Waals surface area (Å²) in [7, 11) is -2.05.